The minimum Gasteiger partial charge on any atom is -0.497 e. The Balaban J connectivity index is 2.82. The Morgan fingerprint density at radius 3 is 2.55 bits per heavy atom. The van der Waals surface area contributed by atoms with Gasteiger partial charge in [0.25, 0.3) is 5.91 Å². The predicted molar refractivity (Wildman–Crippen MR) is 72.8 cm³/mol. The fraction of sp³-hybridized carbons (Fsp3) is 0.385. The standard InChI is InChI=1S/C13H18N2O5/c1-4-20-13(17)11(14)12(16)15-9-6-5-8(18-2)7-10(9)19-3/h5-7,11H,4,14H2,1-3H3,(H,15,16). The number of ether oxygens (including phenoxy) is 3. The zero-order valence-corrected chi connectivity index (χ0v) is 11.6. The minimum atomic E-state index is -1.39. The topological polar surface area (TPSA) is 99.9 Å². The smallest absolute Gasteiger partial charge is 0.332 e. The zero-order valence-electron chi connectivity index (χ0n) is 11.6. The fourth-order valence-corrected chi connectivity index (χ4v) is 1.45. The van der Waals surface area contributed by atoms with Crippen molar-refractivity contribution >= 4 is 17.6 Å². The first-order valence-electron chi connectivity index (χ1n) is 5.98. The molecule has 0 spiro atoms. The van der Waals surface area contributed by atoms with Crippen molar-refractivity contribution in [1.82, 2.24) is 0 Å². The van der Waals surface area contributed by atoms with E-state index in [0.717, 1.165) is 0 Å². The summed E-state index contributed by atoms with van der Waals surface area (Å²) in [7, 11) is 2.97. The summed E-state index contributed by atoms with van der Waals surface area (Å²) in [5.74, 6) is -0.479. The molecule has 1 unspecified atom stereocenters. The predicted octanol–water partition coefficient (Wildman–Crippen LogP) is 0.533. The number of carbonyl (C=O) groups excluding carboxylic acids is 2. The summed E-state index contributed by atoms with van der Waals surface area (Å²) in [5.41, 5.74) is 5.88. The Bertz CT molecular complexity index is 490. The lowest BCUT2D eigenvalue weighted by atomic mass is 10.2. The quantitative estimate of drug-likeness (QED) is 0.583. The Labute approximate surface area is 117 Å². The number of anilines is 1. The Morgan fingerprint density at radius 1 is 1.30 bits per heavy atom. The number of esters is 1. The van der Waals surface area contributed by atoms with Crippen molar-refractivity contribution in [3.8, 4) is 11.5 Å². The summed E-state index contributed by atoms with van der Waals surface area (Å²) in [5, 5.41) is 2.51. The van der Waals surface area contributed by atoms with Crippen molar-refractivity contribution in [3.63, 3.8) is 0 Å². The molecular weight excluding hydrogens is 264 g/mol. The lowest BCUT2D eigenvalue weighted by Crippen LogP contribution is -2.43. The Hall–Kier alpha value is -2.28. The van der Waals surface area contributed by atoms with Crippen molar-refractivity contribution in [2.24, 2.45) is 5.73 Å². The molecular formula is C13H18N2O5. The molecule has 1 amide bonds. The fourth-order valence-electron chi connectivity index (χ4n) is 1.45. The molecule has 0 radical (unpaired) electrons. The summed E-state index contributed by atoms with van der Waals surface area (Å²) in [6, 6.07) is 3.45. The van der Waals surface area contributed by atoms with E-state index in [0.29, 0.717) is 17.2 Å². The van der Waals surface area contributed by atoms with Crippen molar-refractivity contribution in [3.05, 3.63) is 18.2 Å². The average Bonchev–Trinajstić information content (AvgIpc) is 2.46. The first-order chi connectivity index (χ1) is 9.53. The van der Waals surface area contributed by atoms with Crippen molar-refractivity contribution < 1.29 is 23.8 Å². The molecule has 0 saturated heterocycles. The summed E-state index contributed by atoms with van der Waals surface area (Å²) >= 11 is 0. The van der Waals surface area contributed by atoms with Crippen LogP contribution >= 0.6 is 0 Å². The van der Waals surface area contributed by atoms with E-state index in [1.807, 2.05) is 0 Å². The third-order valence-electron chi connectivity index (χ3n) is 2.49. The average molecular weight is 282 g/mol. The van der Waals surface area contributed by atoms with Gasteiger partial charge in [-0.25, -0.2) is 4.79 Å². The highest BCUT2D eigenvalue weighted by molar-refractivity contribution is 6.08. The highest BCUT2D eigenvalue weighted by Crippen LogP contribution is 2.28. The van der Waals surface area contributed by atoms with Crippen molar-refractivity contribution in [2.45, 2.75) is 13.0 Å². The highest BCUT2D eigenvalue weighted by Gasteiger charge is 2.24. The molecule has 110 valence electrons. The molecule has 1 atom stereocenters. The van der Waals surface area contributed by atoms with Crippen molar-refractivity contribution in [2.75, 3.05) is 26.1 Å². The molecule has 0 heterocycles. The molecule has 1 aromatic rings. The first-order valence-corrected chi connectivity index (χ1v) is 5.98. The van der Waals surface area contributed by atoms with Crippen LogP contribution in [0.25, 0.3) is 0 Å². The summed E-state index contributed by atoms with van der Waals surface area (Å²) < 4.78 is 14.8. The number of carbonyl (C=O) groups is 2. The van der Waals surface area contributed by atoms with E-state index in [1.54, 1.807) is 25.1 Å². The number of benzene rings is 1. The van der Waals surface area contributed by atoms with Crippen LogP contribution in [0, 0.1) is 0 Å². The normalized spacial score (nSPS) is 11.4. The van der Waals surface area contributed by atoms with Gasteiger partial charge in [0, 0.05) is 6.07 Å². The third-order valence-corrected chi connectivity index (χ3v) is 2.49. The van der Waals surface area contributed by atoms with E-state index in [2.05, 4.69) is 10.1 Å². The van der Waals surface area contributed by atoms with Crippen LogP contribution in [0.2, 0.25) is 0 Å². The van der Waals surface area contributed by atoms with E-state index in [-0.39, 0.29) is 6.61 Å². The van der Waals surface area contributed by atoms with Crippen LogP contribution in [0.5, 0.6) is 11.5 Å². The molecule has 0 aliphatic rings. The maximum atomic E-state index is 11.8. The van der Waals surface area contributed by atoms with E-state index in [1.165, 1.54) is 14.2 Å². The molecule has 0 aliphatic carbocycles. The van der Waals surface area contributed by atoms with Gasteiger partial charge in [-0.2, -0.15) is 0 Å². The molecule has 7 nitrogen and oxygen atoms in total. The molecule has 0 saturated carbocycles. The molecule has 0 bridgehead atoms. The van der Waals surface area contributed by atoms with Gasteiger partial charge in [-0.1, -0.05) is 0 Å². The van der Waals surface area contributed by atoms with Crippen LogP contribution in [-0.2, 0) is 14.3 Å². The molecule has 0 aliphatic heterocycles. The van der Waals surface area contributed by atoms with Crippen LogP contribution in [0.4, 0.5) is 5.69 Å². The second-order valence-corrected chi connectivity index (χ2v) is 3.79. The molecule has 1 rings (SSSR count). The number of nitrogens with two attached hydrogens (primary N) is 1. The van der Waals surface area contributed by atoms with Gasteiger partial charge in [-0.3, -0.25) is 4.79 Å². The second-order valence-electron chi connectivity index (χ2n) is 3.79. The highest BCUT2D eigenvalue weighted by atomic mass is 16.5. The molecule has 1 aromatic carbocycles. The monoisotopic (exact) mass is 282 g/mol. The van der Waals surface area contributed by atoms with Gasteiger partial charge >= 0.3 is 5.97 Å². The van der Waals surface area contributed by atoms with Crippen LogP contribution in [0.1, 0.15) is 6.92 Å². The Kier molecular flexibility index (Phi) is 5.79. The largest absolute Gasteiger partial charge is 0.497 e. The van der Waals surface area contributed by atoms with E-state index >= 15 is 0 Å². The minimum absolute atomic E-state index is 0.158. The van der Waals surface area contributed by atoms with Crippen LogP contribution in [-0.4, -0.2) is 38.7 Å². The zero-order chi connectivity index (χ0) is 15.1. The van der Waals surface area contributed by atoms with Gasteiger partial charge in [0.05, 0.1) is 26.5 Å². The Morgan fingerprint density at radius 2 is 2.00 bits per heavy atom. The molecule has 0 fully saturated rings. The molecule has 7 heteroatoms. The maximum Gasteiger partial charge on any atom is 0.332 e. The number of hydrogen-bond acceptors (Lipinski definition) is 6. The van der Waals surface area contributed by atoms with Gasteiger partial charge in [0.15, 0.2) is 6.04 Å². The molecule has 3 N–H and O–H groups in total. The number of rotatable bonds is 6. The summed E-state index contributed by atoms with van der Waals surface area (Å²) in [6.45, 7) is 1.79. The lowest BCUT2D eigenvalue weighted by Gasteiger charge is -2.14. The van der Waals surface area contributed by atoms with Crippen LogP contribution in [0.3, 0.4) is 0 Å². The second kappa shape index (κ2) is 7.34. The third kappa shape index (κ3) is 3.86. The van der Waals surface area contributed by atoms with E-state index < -0.39 is 17.9 Å². The number of nitrogens with one attached hydrogen (secondary N) is 1. The van der Waals surface area contributed by atoms with Crippen molar-refractivity contribution in [1.29, 1.82) is 0 Å². The number of methoxy groups -OCH3 is 2. The summed E-state index contributed by atoms with van der Waals surface area (Å²) in [6.07, 6.45) is 0. The first kappa shape index (κ1) is 15.8. The number of hydrogen-bond donors (Lipinski definition) is 2. The van der Waals surface area contributed by atoms with Gasteiger partial charge in [-0.05, 0) is 19.1 Å². The van der Waals surface area contributed by atoms with Gasteiger partial charge in [0.1, 0.15) is 11.5 Å². The molecule has 0 aromatic heterocycles. The van der Waals surface area contributed by atoms with E-state index in [4.69, 9.17) is 15.2 Å². The maximum absolute atomic E-state index is 11.8. The molecule has 20 heavy (non-hydrogen) atoms. The van der Waals surface area contributed by atoms with Crippen LogP contribution < -0.4 is 20.5 Å². The SMILES string of the molecule is CCOC(=O)C(N)C(=O)Nc1ccc(OC)cc1OC. The van der Waals surface area contributed by atoms with Gasteiger partial charge in [-0.15, -0.1) is 0 Å². The summed E-state index contributed by atoms with van der Waals surface area (Å²) in [4.78, 5) is 23.2. The van der Waals surface area contributed by atoms with Crippen LogP contribution in [0.15, 0.2) is 18.2 Å². The number of amides is 1. The lowest BCUT2D eigenvalue weighted by molar-refractivity contribution is -0.146. The van der Waals surface area contributed by atoms with Gasteiger partial charge in [0.2, 0.25) is 0 Å². The van der Waals surface area contributed by atoms with Gasteiger partial charge < -0.3 is 25.3 Å². The van der Waals surface area contributed by atoms with E-state index in [9.17, 15) is 9.59 Å².